The molecule has 1 aromatic rings. The Morgan fingerprint density at radius 3 is 2.84 bits per heavy atom. The third kappa shape index (κ3) is 3.71. The first kappa shape index (κ1) is 13.4. The third-order valence-electron chi connectivity index (χ3n) is 3.16. The molecule has 102 valence electrons. The number of carbonyl (C=O) groups is 2. The van der Waals surface area contributed by atoms with Crippen molar-refractivity contribution < 1.29 is 19.4 Å². The van der Waals surface area contributed by atoms with Crippen LogP contribution in [0.1, 0.15) is 30.4 Å². The number of benzene rings is 1. The van der Waals surface area contributed by atoms with Gasteiger partial charge in [-0.05, 0) is 42.9 Å². The van der Waals surface area contributed by atoms with E-state index in [1.165, 1.54) is 12.0 Å². The first-order valence-electron chi connectivity index (χ1n) is 6.45. The van der Waals surface area contributed by atoms with Gasteiger partial charge in [-0.25, -0.2) is 4.79 Å². The Morgan fingerprint density at radius 1 is 1.26 bits per heavy atom. The van der Waals surface area contributed by atoms with Crippen molar-refractivity contribution in [1.29, 1.82) is 0 Å². The number of aliphatic carboxylic acids is 1. The molecule has 0 radical (unpaired) electrons. The molecule has 0 unspecified atom stereocenters. The fourth-order valence-corrected chi connectivity index (χ4v) is 2.25. The number of carboxylic acid groups (broad SMARTS) is 1. The molecule has 1 aromatic carbocycles. The van der Waals surface area contributed by atoms with Gasteiger partial charge < -0.3 is 15.2 Å². The number of amides is 1. The van der Waals surface area contributed by atoms with Crippen LogP contribution >= 0.6 is 0 Å². The first-order chi connectivity index (χ1) is 9.16. The fourth-order valence-electron chi connectivity index (χ4n) is 2.25. The lowest BCUT2D eigenvalue weighted by Gasteiger charge is -2.18. The zero-order chi connectivity index (χ0) is 13.7. The highest BCUT2D eigenvalue weighted by Crippen LogP contribution is 2.29. The zero-order valence-corrected chi connectivity index (χ0v) is 10.6. The predicted octanol–water partition coefficient (Wildman–Crippen LogP) is 2.13. The molecule has 0 spiro atoms. The van der Waals surface area contributed by atoms with E-state index in [2.05, 4.69) is 11.4 Å². The minimum Gasteiger partial charge on any atom is -0.481 e. The van der Waals surface area contributed by atoms with Crippen LogP contribution in [0.2, 0.25) is 0 Å². The van der Waals surface area contributed by atoms with Crippen molar-refractivity contribution in [3.8, 4) is 5.75 Å². The Kier molecular flexibility index (Phi) is 4.39. The Morgan fingerprint density at radius 2 is 2.05 bits per heavy atom. The molecule has 0 heterocycles. The molecule has 0 fully saturated rings. The molecule has 0 aromatic heterocycles. The van der Waals surface area contributed by atoms with Crippen LogP contribution in [0.4, 0.5) is 4.79 Å². The highest BCUT2D eigenvalue weighted by molar-refractivity contribution is 5.72. The number of carboxylic acids is 1. The van der Waals surface area contributed by atoms with E-state index >= 15 is 0 Å². The van der Waals surface area contributed by atoms with Gasteiger partial charge in [-0.1, -0.05) is 12.1 Å². The van der Waals surface area contributed by atoms with Crippen molar-refractivity contribution in [2.45, 2.75) is 32.1 Å². The summed E-state index contributed by atoms with van der Waals surface area (Å²) >= 11 is 0. The molecule has 0 atom stereocenters. The maximum absolute atomic E-state index is 11.6. The van der Waals surface area contributed by atoms with Gasteiger partial charge in [0.2, 0.25) is 0 Å². The van der Waals surface area contributed by atoms with Crippen LogP contribution in [-0.4, -0.2) is 23.7 Å². The molecule has 2 rings (SSSR count). The number of ether oxygens (including phenoxy) is 1. The van der Waals surface area contributed by atoms with Crippen molar-refractivity contribution in [1.82, 2.24) is 5.32 Å². The third-order valence-corrected chi connectivity index (χ3v) is 3.16. The topological polar surface area (TPSA) is 75.6 Å². The van der Waals surface area contributed by atoms with Gasteiger partial charge in [-0.15, -0.1) is 0 Å². The van der Waals surface area contributed by atoms with Gasteiger partial charge in [-0.2, -0.15) is 0 Å². The van der Waals surface area contributed by atoms with Crippen LogP contribution in [-0.2, 0) is 17.6 Å². The maximum atomic E-state index is 11.6. The van der Waals surface area contributed by atoms with Gasteiger partial charge in [-0.3, -0.25) is 4.79 Å². The van der Waals surface area contributed by atoms with E-state index in [4.69, 9.17) is 9.84 Å². The Hall–Kier alpha value is -2.04. The van der Waals surface area contributed by atoms with E-state index in [-0.39, 0.29) is 13.0 Å². The number of nitrogens with one attached hydrogen (secondary N) is 1. The molecule has 5 nitrogen and oxygen atoms in total. The van der Waals surface area contributed by atoms with Gasteiger partial charge in [0.05, 0.1) is 6.42 Å². The summed E-state index contributed by atoms with van der Waals surface area (Å²) in [7, 11) is 0. The lowest BCUT2D eigenvalue weighted by Crippen LogP contribution is -2.29. The second-order valence-electron chi connectivity index (χ2n) is 4.56. The quantitative estimate of drug-likeness (QED) is 0.872. The van der Waals surface area contributed by atoms with Crippen molar-refractivity contribution in [3.05, 3.63) is 29.3 Å². The van der Waals surface area contributed by atoms with Crippen LogP contribution in [0, 0.1) is 0 Å². The van der Waals surface area contributed by atoms with E-state index in [1.54, 1.807) is 6.07 Å². The summed E-state index contributed by atoms with van der Waals surface area (Å²) in [6.07, 6.45) is 3.51. The molecule has 0 saturated heterocycles. The van der Waals surface area contributed by atoms with Crippen LogP contribution in [0.25, 0.3) is 0 Å². The lowest BCUT2D eigenvalue weighted by atomic mass is 9.91. The van der Waals surface area contributed by atoms with Crippen molar-refractivity contribution in [3.63, 3.8) is 0 Å². The number of carbonyl (C=O) groups excluding carboxylic acids is 1. The summed E-state index contributed by atoms with van der Waals surface area (Å²) in [6, 6.07) is 5.72. The summed E-state index contributed by atoms with van der Waals surface area (Å²) in [5.74, 6) is -0.359. The lowest BCUT2D eigenvalue weighted by molar-refractivity contribution is -0.136. The number of fused-ring (bicyclic) bond motifs is 1. The first-order valence-corrected chi connectivity index (χ1v) is 6.45. The number of aryl methyl sites for hydroxylation is 1. The normalized spacial score (nSPS) is 13.5. The molecule has 1 aliphatic rings. The summed E-state index contributed by atoms with van der Waals surface area (Å²) < 4.78 is 5.25. The molecular weight excluding hydrogens is 246 g/mol. The van der Waals surface area contributed by atoms with Crippen molar-refractivity contribution >= 4 is 12.1 Å². The second kappa shape index (κ2) is 6.22. The fraction of sp³-hybridized carbons (Fsp3) is 0.429. The molecule has 5 heteroatoms. The average Bonchev–Trinajstić information content (AvgIpc) is 2.39. The molecule has 0 aliphatic heterocycles. The predicted molar refractivity (Wildman–Crippen MR) is 69.4 cm³/mol. The van der Waals surface area contributed by atoms with Gasteiger partial charge >= 0.3 is 12.1 Å². The maximum Gasteiger partial charge on any atom is 0.412 e. The van der Waals surface area contributed by atoms with Crippen molar-refractivity contribution in [2.75, 3.05) is 6.54 Å². The molecule has 1 aliphatic carbocycles. The minimum atomic E-state index is -0.947. The number of hydrogen-bond donors (Lipinski definition) is 2. The summed E-state index contributed by atoms with van der Waals surface area (Å²) in [5, 5.41) is 10.9. The van der Waals surface area contributed by atoms with Crippen LogP contribution < -0.4 is 10.1 Å². The molecule has 0 bridgehead atoms. The smallest absolute Gasteiger partial charge is 0.412 e. The van der Waals surface area contributed by atoms with Gasteiger partial charge in [0, 0.05) is 6.54 Å². The molecule has 2 N–H and O–H groups in total. The second-order valence-corrected chi connectivity index (χ2v) is 4.56. The Labute approximate surface area is 111 Å². The molecule has 1 amide bonds. The summed E-state index contributed by atoms with van der Waals surface area (Å²) in [4.78, 5) is 21.9. The highest BCUT2D eigenvalue weighted by atomic mass is 16.6. The van der Waals surface area contributed by atoms with Gasteiger partial charge in [0.25, 0.3) is 0 Å². The van der Waals surface area contributed by atoms with Crippen LogP contribution in [0.3, 0.4) is 0 Å². The standard InChI is InChI=1S/C14H17NO4/c16-13(17)8-9-15-14(18)19-12-7-3-5-10-4-1-2-6-11(10)12/h3,5,7H,1-2,4,6,8-9H2,(H,15,18)(H,16,17). The van der Waals surface area contributed by atoms with E-state index in [1.807, 2.05) is 6.07 Å². The van der Waals surface area contributed by atoms with Gasteiger partial charge in [0.15, 0.2) is 0 Å². The average molecular weight is 263 g/mol. The van der Waals surface area contributed by atoms with Crippen LogP contribution in [0.15, 0.2) is 18.2 Å². The monoisotopic (exact) mass is 263 g/mol. The zero-order valence-electron chi connectivity index (χ0n) is 10.6. The minimum absolute atomic E-state index is 0.0726. The van der Waals surface area contributed by atoms with E-state index in [0.29, 0.717) is 5.75 Å². The van der Waals surface area contributed by atoms with Crippen molar-refractivity contribution in [2.24, 2.45) is 0 Å². The largest absolute Gasteiger partial charge is 0.481 e. The highest BCUT2D eigenvalue weighted by Gasteiger charge is 2.15. The van der Waals surface area contributed by atoms with Crippen LogP contribution in [0.5, 0.6) is 5.75 Å². The molecular formula is C14H17NO4. The summed E-state index contributed by atoms with van der Waals surface area (Å²) in [6.45, 7) is 0.0726. The molecule has 19 heavy (non-hydrogen) atoms. The van der Waals surface area contributed by atoms with E-state index in [0.717, 1.165) is 24.8 Å². The number of rotatable bonds is 4. The van der Waals surface area contributed by atoms with E-state index in [9.17, 15) is 9.59 Å². The SMILES string of the molecule is O=C(O)CCNC(=O)Oc1cccc2c1CCCC2. The molecule has 0 saturated carbocycles. The Bertz CT molecular complexity index is 484. The summed E-state index contributed by atoms with van der Waals surface area (Å²) in [5.41, 5.74) is 2.34. The Balaban J connectivity index is 1.95. The number of hydrogen-bond acceptors (Lipinski definition) is 3. The van der Waals surface area contributed by atoms with E-state index < -0.39 is 12.1 Å². The van der Waals surface area contributed by atoms with Gasteiger partial charge in [0.1, 0.15) is 5.75 Å².